The molecule has 3 aliphatic rings. The quantitative estimate of drug-likeness (QED) is 0.0204. The second-order valence-electron chi connectivity index (χ2n) is 21.6. The number of carboxylic acid groups (broad SMARTS) is 3. The molecular weight excluding hydrogens is 961 g/mol. The molecule has 0 aromatic heterocycles. The van der Waals surface area contributed by atoms with Crippen LogP contribution in [-0.4, -0.2) is 118 Å². The molecule has 0 aliphatic heterocycles. The smallest absolute Gasteiger partial charge is 0.303 e. The van der Waals surface area contributed by atoms with Crippen molar-refractivity contribution in [2.75, 3.05) is 0 Å². The van der Waals surface area contributed by atoms with Gasteiger partial charge in [-0.1, -0.05) is 173 Å². The van der Waals surface area contributed by atoms with Crippen LogP contribution in [0.3, 0.4) is 0 Å². The summed E-state index contributed by atoms with van der Waals surface area (Å²) in [6, 6.07) is 0. The van der Waals surface area contributed by atoms with Crippen molar-refractivity contribution < 1.29 is 74.7 Å². The molecule has 3 saturated carbocycles. The number of hydrogen-bond donors (Lipinski definition) is 9. The highest BCUT2D eigenvalue weighted by Crippen LogP contribution is 2.37. The first-order chi connectivity index (χ1) is 35.9. The molecule has 3 rings (SSSR count). The number of aliphatic hydroxyl groups excluding tert-OH is 6. The molecule has 0 heterocycles. The Morgan fingerprint density at radius 2 is 0.640 bits per heavy atom. The lowest BCUT2D eigenvalue weighted by Gasteiger charge is -2.18. The maximum absolute atomic E-state index is 12.1. The Labute approximate surface area is 449 Å². The zero-order chi connectivity index (χ0) is 56.0. The van der Waals surface area contributed by atoms with E-state index in [4.69, 9.17) is 15.3 Å². The van der Waals surface area contributed by atoms with Crippen molar-refractivity contribution >= 4 is 35.3 Å². The van der Waals surface area contributed by atoms with Crippen LogP contribution < -0.4 is 0 Å². The molecule has 0 unspecified atom stereocenters. The van der Waals surface area contributed by atoms with Crippen LogP contribution in [0.1, 0.15) is 233 Å². The minimum absolute atomic E-state index is 0.105. The molecule has 15 heteroatoms. The van der Waals surface area contributed by atoms with Gasteiger partial charge in [0, 0.05) is 74.0 Å². The highest BCUT2D eigenvalue weighted by molar-refractivity contribution is 5.85. The Morgan fingerprint density at radius 3 is 0.867 bits per heavy atom. The van der Waals surface area contributed by atoms with E-state index in [2.05, 4.69) is 20.8 Å². The van der Waals surface area contributed by atoms with Gasteiger partial charge in [-0.25, -0.2) is 0 Å². The lowest BCUT2D eigenvalue weighted by molar-refractivity contribution is -0.138. The summed E-state index contributed by atoms with van der Waals surface area (Å²) in [7, 11) is 0. The van der Waals surface area contributed by atoms with Crippen molar-refractivity contribution in [1.82, 2.24) is 0 Å². The maximum atomic E-state index is 12.1. The molecule has 432 valence electrons. The van der Waals surface area contributed by atoms with Gasteiger partial charge >= 0.3 is 17.9 Å². The molecule has 3 aliphatic carbocycles. The fraction of sp³-hybridized carbons (Fsp3) is 0.800. The number of carbonyl (C=O) groups excluding carboxylic acids is 3. The number of Topliss-reactive ketones (excluding diaryl/α,β-unsaturated/α-hetero) is 3. The topological polar surface area (TPSA) is 284 Å². The monoisotopic (exact) mass is 1060 g/mol. The van der Waals surface area contributed by atoms with Gasteiger partial charge in [-0.15, -0.1) is 0 Å². The van der Waals surface area contributed by atoms with Gasteiger partial charge in [0.1, 0.15) is 17.3 Å². The zero-order valence-corrected chi connectivity index (χ0v) is 46.2. The molecule has 0 saturated heterocycles. The van der Waals surface area contributed by atoms with E-state index in [1.165, 1.54) is 0 Å². The number of ketones is 3. The Morgan fingerprint density at radius 1 is 0.400 bits per heavy atom. The average molecular weight is 1060 g/mol. The largest absolute Gasteiger partial charge is 0.481 e. The third kappa shape index (κ3) is 32.0. The molecule has 0 aromatic rings. The summed E-state index contributed by atoms with van der Waals surface area (Å²) in [5.74, 6) is -3.11. The zero-order valence-electron chi connectivity index (χ0n) is 46.2. The molecule has 0 bridgehead atoms. The van der Waals surface area contributed by atoms with E-state index in [1.807, 2.05) is 18.2 Å². The van der Waals surface area contributed by atoms with Gasteiger partial charge in [0.15, 0.2) is 0 Å². The van der Waals surface area contributed by atoms with E-state index in [0.29, 0.717) is 19.3 Å². The third-order valence-electron chi connectivity index (χ3n) is 15.1. The number of unbranched alkanes of at least 4 members (excludes halogenated alkanes) is 15. The van der Waals surface area contributed by atoms with Crippen LogP contribution in [0.2, 0.25) is 0 Å². The molecule has 0 radical (unpaired) electrons. The lowest BCUT2D eigenvalue weighted by Crippen LogP contribution is -2.19. The maximum Gasteiger partial charge on any atom is 0.303 e. The summed E-state index contributed by atoms with van der Waals surface area (Å²) in [6.07, 6.45) is 32.2. The van der Waals surface area contributed by atoms with E-state index < -0.39 is 54.5 Å². The highest BCUT2D eigenvalue weighted by atomic mass is 16.4. The van der Waals surface area contributed by atoms with Gasteiger partial charge in [-0.3, -0.25) is 28.8 Å². The van der Waals surface area contributed by atoms with Crippen molar-refractivity contribution in [1.29, 1.82) is 0 Å². The first kappa shape index (κ1) is 69.4. The molecule has 3 fully saturated rings. The molecule has 9 N–H and O–H groups in total. The van der Waals surface area contributed by atoms with E-state index in [9.17, 15) is 59.4 Å². The van der Waals surface area contributed by atoms with E-state index in [0.717, 1.165) is 154 Å². The Kier molecular flexibility index (Phi) is 39.3. The third-order valence-corrected chi connectivity index (χ3v) is 15.1. The molecule has 75 heavy (non-hydrogen) atoms. The van der Waals surface area contributed by atoms with E-state index in [-0.39, 0.29) is 91.4 Å². The number of rotatable bonds is 39. The van der Waals surface area contributed by atoms with E-state index in [1.54, 1.807) is 18.2 Å². The average Bonchev–Trinajstić information content (AvgIpc) is 3.90. The summed E-state index contributed by atoms with van der Waals surface area (Å²) >= 11 is 0. The van der Waals surface area contributed by atoms with Crippen LogP contribution in [0.25, 0.3) is 0 Å². The van der Waals surface area contributed by atoms with Crippen LogP contribution >= 0.6 is 0 Å². The number of aliphatic carboxylic acids is 3. The first-order valence-corrected chi connectivity index (χ1v) is 29.2. The van der Waals surface area contributed by atoms with Gasteiger partial charge in [-0.2, -0.15) is 0 Å². The van der Waals surface area contributed by atoms with Gasteiger partial charge in [0.2, 0.25) is 0 Å². The van der Waals surface area contributed by atoms with Crippen LogP contribution in [0.4, 0.5) is 0 Å². The fourth-order valence-electron chi connectivity index (χ4n) is 10.6. The summed E-state index contributed by atoms with van der Waals surface area (Å²) in [5.41, 5.74) is 0. The summed E-state index contributed by atoms with van der Waals surface area (Å²) in [6.45, 7) is 6.36. The molecule has 15 nitrogen and oxygen atoms in total. The number of carboxylic acids is 3. The Hall–Kier alpha value is -3.60. The lowest BCUT2D eigenvalue weighted by atomic mass is 9.88. The number of carbonyl (C=O) groups is 6. The second kappa shape index (κ2) is 42.4. The van der Waals surface area contributed by atoms with Crippen LogP contribution in [-0.2, 0) is 28.8 Å². The van der Waals surface area contributed by atoms with Crippen molar-refractivity contribution in [3.63, 3.8) is 0 Å². The standard InChI is InChI=1S/3C20H34O5/c3*1-2-3-6-9-15(21)12-13-17-16(18(22)14-19(17)23)10-7-4-5-8-11-20(24)25/h3*12-13,15-17,19,21,23H,2-11,14H2,1H3,(H,24,25)/b3*13-12+/t3*15-,16+,17+,19+/m000/s1. The van der Waals surface area contributed by atoms with Crippen LogP contribution in [0.15, 0.2) is 36.5 Å². The predicted octanol–water partition coefficient (Wildman–Crippen LogP) is 10.4. The number of hydrogen-bond acceptors (Lipinski definition) is 12. The number of aliphatic hydroxyl groups is 6. The Balaban J connectivity index is 0.000000562. The van der Waals surface area contributed by atoms with Gasteiger partial charge in [0.25, 0.3) is 0 Å². The van der Waals surface area contributed by atoms with Gasteiger partial charge in [-0.05, 0) is 57.8 Å². The van der Waals surface area contributed by atoms with Gasteiger partial charge < -0.3 is 46.0 Å². The first-order valence-electron chi connectivity index (χ1n) is 29.2. The SMILES string of the molecule is CCCCC[C@H](O)/C=C/[C@H]1[C@H](O)CC(=O)[C@@H]1CCCCCCC(=O)O.CCCCC[C@H](O)/C=C/[C@H]1[C@H](O)CC(=O)[C@@H]1CCCCCCC(=O)O.CCCCC[C@H](O)/C=C/[C@H]1[C@H](O)CC(=O)[C@@H]1CCCCCCC(=O)O. The summed E-state index contributed by atoms with van der Waals surface area (Å²) in [4.78, 5) is 67.8. The second-order valence-corrected chi connectivity index (χ2v) is 21.6. The fourth-order valence-corrected chi connectivity index (χ4v) is 10.6. The molecule has 0 amide bonds. The van der Waals surface area contributed by atoms with Crippen molar-refractivity contribution in [2.24, 2.45) is 35.5 Å². The van der Waals surface area contributed by atoms with E-state index >= 15 is 0 Å². The van der Waals surface area contributed by atoms with Crippen molar-refractivity contribution in [3.8, 4) is 0 Å². The Bertz CT molecular complexity index is 1490. The molecule has 0 spiro atoms. The molecule has 12 atom stereocenters. The molecular formula is C60H102O15. The minimum atomic E-state index is -0.767. The summed E-state index contributed by atoms with van der Waals surface area (Å²) in [5, 5.41) is 86.2. The summed E-state index contributed by atoms with van der Waals surface area (Å²) < 4.78 is 0. The minimum Gasteiger partial charge on any atom is -0.481 e. The molecule has 0 aromatic carbocycles. The normalized spacial score (nSPS) is 24.9. The van der Waals surface area contributed by atoms with Crippen LogP contribution in [0, 0.1) is 35.5 Å². The van der Waals surface area contributed by atoms with Gasteiger partial charge in [0.05, 0.1) is 36.6 Å². The predicted molar refractivity (Wildman–Crippen MR) is 292 cm³/mol. The van der Waals surface area contributed by atoms with Crippen LogP contribution in [0.5, 0.6) is 0 Å². The van der Waals surface area contributed by atoms with Crippen molar-refractivity contribution in [3.05, 3.63) is 36.5 Å². The highest BCUT2D eigenvalue weighted by Gasteiger charge is 2.41. The van der Waals surface area contributed by atoms with Crippen molar-refractivity contribution in [2.45, 2.75) is 269 Å².